The summed E-state index contributed by atoms with van der Waals surface area (Å²) < 4.78 is 14.0. The van der Waals surface area contributed by atoms with Gasteiger partial charge in [-0.05, 0) is 39.8 Å². The molecule has 1 atom stereocenters. The minimum absolute atomic E-state index is 0.0372. The van der Waals surface area contributed by atoms with Gasteiger partial charge >= 0.3 is 0 Å². The van der Waals surface area contributed by atoms with Crippen molar-refractivity contribution in [2.45, 2.75) is 46.2 Å². The van der Waals surface area contributed by atoms with E-state index in [1.165, 1.54) is 6.07 Å². The van der Waals surface area contributed by atoms with Crippen molar-refractivity contribution in [1.29, 1.82) is 0 Å². The summed E-state index contributed by atoms with van der Waals surface area (Å²) in [6, 6.07) is 5.57. The second-order valence-electron chi connectivity index (χ2n) is 5.11. The zero-order valence-electron chi connectivity index (χ0n) is 11.9. The van der Waals surface area contributed by atoms with Crippen LogP contribution in [-0.2, 0) is 0 Å². The van der Waals surface area contributed by atoms with Gasteiger partial charge in [-0.3, -0.25) is 4.90 Å². The average molecular weight is 252 g/mol. The van der Waals surface area contributed by atoms with Crippen molar-refractivity contribution in [2.24, 2.45) is 5.73 Å². The molecule has 1 aromatic rings. The molecule has 3 heteroatoms. The van der Waals surface area contributed by atoms with Crippen LogP contribution in [0.15, 0.2) is 18.2 Å². The molecule has 1 aromatic carbocycles. The number of halogens is 1. The second-order valence-corrected chi connectivity index (χ2v) is 5.11. The summed E-state index contributed by atoms with van der Waals surface area (Å²) in [5.74, 6) is -0.155. The Morgan fingerprint density at radius 1 is 1.33 bits per heavy atom. The molecule has 0 bridgehead atoms. The molecule has 0 aliphatic rings. The van der Waals surface area contributed by atoms with Crippen molar-refractivity contribution in [3.8, 4) is 0 Å². The summed E-state index contributed by atoms with van der Waals surface area (Å²) in [5, 5.41) is 0. The molecular formula is C15H25FN2. The first-order valence-electron chi connectivity index (χ1n) is 6.73. The molecule has 0 heterocycles. The minimum atomic E-state index is -0.155. The summed E-state index contributed by atoms with van der Waals surface area (Å²) in [5.41, 5.74) is 7.68. The molecular weight excluding hydrogens is 227 g/mol. The number of hydrogen-bond donors (Lipinski definition) is 1. The molecule has 0 saturated heterocycles. The largest absolute Gasteiger partial charge is 0.329 e. The van der Waals surface area contributed by atoms with Crippen LogP contribution in [0.5, 0.6) is 0 Å². The monoisotopic (exact) mass is 252 g/mol. The molecule has 1 unspecified atom stereocenters. The van der Waals surface area contributed by atoms with Crippen LogP contribution in [0, 0.1) is 12.7 Å². The van der Waals surface area contributed by atoms with Crippen LogP contribution in [0.4, 0.5) is 4.39 Å². The molecule has 0 radical (unpaired) electrons. The molecule has 0 saturated carbocycles. The summed E-state index contributed by atoms with van der Waals surface area (Å²) in [6.07, 6.45) is 1.04. The van der Waals surface area contributed by atoms with Crippen molar-refractivity contribution in [2.75, 3.05) is 13.1 Å². The molecule has 0 aliphatic carbocycles. The maximum absolute atomic E-state index is 14.0. The Hall–Kier alpha value is -0.930. The van der Waals surface area contributed by atoms with Gasteiger partial charge in [0.2, 0.25) is 0 Å². The van der Waals surface area contributed by atoms with Crippen molar-refractivity contribution in [3.05, 3.63) is 35.1 Å². The highest BCUT2D eigenvalue weighted by Crippen LogP contribution is 2.25. The Morgan fingerprint density at radius 2 is 2.00 bits per heavy atom. The lowest BCUT2D eigenvalue weighted by molar-refractivity contribution is 0.154. The van der Waals surface area contributed by atoms with Crippen LogP contribution >= 0.6 is 0 Å². The molecule has 0 aliphatic heterocycles. The van der Waals surface area contributed by atoms with E-state index in [9.17, 15) is 4.39 Å². The SMILES string of the molecule is CCCN(C(C)C)C(CN)c1cc(C)ccc1F. The third-order valence-electron chi connectivity index (χ3n) is 3.28. The highest BCUT2D eigenvalue weighted by atomic mass is 19.1. The fraction of sp³-hybridized carbons (Fsp3) is 0.600. The number of hydrogen-bond acceptors (Lipinski definition) is 2. The van der Waals surface area contributed by atoms with Gasteiger partial charge in [0, 0.05) is 18.2 Å². The summed E-state index contributed by atoms with van der Waals surface area (Å²) in [7, 11) is 0. The first kappa shape index (κ1) is 15.1. The van der Waals surface area contributed by atoms with E-state index in [0.717, 1.165) is 24.1 Å². The molecule has 0 spiro atoms. The highest BCUT2D eigenvalue weighted by Gasteiger charge is 2.23. The van der Waals surface area contributed by atoms with Crippen LogP contribution in [0.3, 0.4) is 0 Å². The maximum Gasteiger partial charge on any atom is 0.128 e. The zero-order valence-corrected chi connectivity index (χ0v) is 11.9. The van der Waals surface area contributed by atoms with Crippen molar-refractivity contribution in [3.63, 3.8) is 0 Å². The summed E-state index contributed by atoms with van der Waals surface area (Å²) in [4.78, 5) is 2.28. The van der Waals surface area contributed by atoms with Crippen LogP contribution in [0.2, 0.25) is 0 Å². The third kappa shape index (κ3) is 3.53. The van der Waals surface area contributed by atoms with E-state index in [1.54, 1.807) is 6.07 Å². The number of nitrogens with two attached hydrogens (primary N) is 1. The van der Waals surface area contributed by atoms with Gasteiger partial charge in [0.25, 0.3) is 0 Å². The fourth-order valence-corrected chi connectivity index (χ4v) is 2.39. The van der Waals surface area contributed by atoms with Crippen LogP contribution in [0.1, 0.15) is 44.4 Å². The topological polar surface area (TPSA) is 29.3 Å². The lowest BCUT2D eigenvalue weighted by Gasteiger charge is -2.34. The maximum atomic E-state index is 14.0. The molecule has 1 rings (SSSR count). The lowest BCUT2D eigenvalue weighted by Crippen LogP contribution is -2.39. The first-order chi connectivity index (χ1) is 8.51. The van der Waals surface area contributed by atoms with E-state index in [-0.39, 0.29) is 11.9 Å². The molecule has 0 fully saturated rings. The Labute approximate surface area is 110 Å². The van der Waals surface area contributed by atoms with Crippen molar-refractivity contribution >= 4 is 0 Å². The third-order valence-corrected chi connectivity index (χ3v) is 3.28. The van der Waals surface area contributed by atoms with Gasteiger partial charge in [-0.2, -0.15) is 0 Å². The number of benzene rings is 1. The van der Waals surface area contributed by atoms with Gasteiger partial charge in [-0.15, -0.1) is 0 Å². The zero-order chi connectivity index (χ0) is 13.7. The smallest absolute Gasteiger partial charge is 0.128 e. The Bertz CT molecular complexity index is 377. The average Bonchev–Trinajstić information content (AvgIpc) is 2.33. The quantitative estimate of drug-likeness (QED) is 0.842. The molecule has 2 nitrogen and oxygen atoms in total. The number of nitrogens with zero attached hydrogens (tertiary/aromatic N) is 1. The van der Waals surface area contributed by atoms with Crippen molar-refractivity contribution < 1.29 is 4.39 Å². The molecule has 0 amide bonds. The first-order valence-corrected chi connectivity index (χ1v) is 6.73. The van der Waals surface area contributed by atoms with Gasteiger partial charge in [0.05, 0.1) is 6.04 Å². The Kier molecular flexibility index (Phi) is 5.76. The normalized spacial score (nSPS) is 13.3. The Balaban J connectivity index is 3.10. The van der Waals surface area contributed by atoms with E-state index in [2.05, 4.69) is 25.7 Å². The lowest BCUT2D eigenvalue weighted by atomic mass is 10.0. The highest BCUT2D eigenvalue weighted by molar-refractivity contribution is 5.27. The van der Waals surface area contributed by atoms with Gasteiger partial charge in [-0.25, -0.2) is 4.39 Å². The van der Waals surface area contributed by atoms with Crippen LogP contribution in [-0.4, -0.2) is 24.0 Å². The van der Waals surface area contributed by atoms with Gasteiger partial charge in [0.1, 0.15) is 5.82 Å². The van der Waals surface area contributed by atoms with Crippen LogP contribution < -0.4 is 5.73 Å². The van der Waals surface area contributed by atoms with Crippen molar-refractivity contribution in [1.82, 2.24) is 4.90 Å². The second kappa shape index (κ2) is 6.86. The molecule has 102 valence electrons. The van der Waals surface area contributed by atoms with Gasteiger partial charge in [-0.1, -0.05) is 24.6 Å². The molecule has 0 aromatic heterocycles. The standard InChI is InChI=1S/C15H25FN2/c1-5-8-18(11(2)3)15(10-17)13-9-12(4)6-7-14(13)16/h6-7,9,11,15H,5,8,10,17H2,1-4H3. The molecule has 18 heavy (non-hydrogen) atoms. The Morgan fingerprint density at radius 3 is 2.50 bits per heavy atom. The molecule has 2 N–H and O–H groups in total. The predicted molar refractivity (Wildman–Crippen MR) is 75.1 cm³/mol. The van der Waals surface area contributed by atoms with Gasteiger partial charge < -0.3 is 5.73 Å². The summed E-state index contributed by atoms with van der Waals surface area (Å²) in [6.45, 7) is 9.76. The van der Waals surface area contributed by atoms with E-state index in [1.807, 2.05) is 13.0 Å². The predicted octanol–water partition coefficient (Wildman–Crippen LogP) is 3.25. The summed E-state index contributed by atoms with van der Waals surface area (Å²) >= 11 is 0. The minimum Gasteiger partial charge on any atom is -0.329 e. The fourth-order valence-electron chi connectivity index (χ4n) is 2.39. The van der Waals surface area contributed by atoms with Gasteiger partial charge in [0.15, 0.2) is 0 Å². The van der Waals surface area contributed by atoms with E-state index in [4.69, 9.17) is 5.73 Å². The van der Waals surface area contributed by atoms with Crippen LogP contribution in [0.25, 0.3) is 0 Å². The van der Waals surface area contributed by atoms with E-state index >= 15 is 0 Å². The number of aryl methyl sites for hydroxylation is 1. The van der Waals surface area contributed by atoms with E-state index < -0.39 is 0 Å². The van der Waals surface area contributed by atoms with E-state index in [0.29, 0.717) is 12.6 Å². The number of rotatable bonds is 6.